The van der Waals surface area contributed by atoms with Gasteiger partial charge >= 0.3 is 0 Å². The highest BCUT2D eigenvalue weighted by atomic mass is 16.5. The van der Waals surface area contributed by atoms with Gasteiger partial charge in [0, 0.05) is 5.92 Å². The van der Waals surface area contributed by atoms with Gasteiger partial charge in [-0.25, -0.2) is 0 Å². The topological polar surface area (TPSA) is 43.4 Å². The van der Waals surface area contributed by atoms with Crippen LogP contribution in [0.25, 0.3) is 0 Å². The van der Waals surface area contributed by atoms with E-state index in [9.17, 15) is 9.59 Å². The van der Waals surface area contributed by atoms with E-state index in [1.807, 2.05) is 0 Å². The molecule has 0 saturated heterocycles. The Morgan fingerprint density at radius 1 is 1.67 bits per heavy atom. The standard InChI is InChI=1S/C6H8O3/c7-4-9-3-6(8)5-1-2-5/h4-5H,1-3H2. The van der Waals surface area contributed by atoms with Crippen LogP contribution in [0.3, 0.4) is 0 Å². The number of Topliss-reactive ketones (excluding diaryl/α,β-unsaturated/α-hetero) is 1. The molecule has 9 heavy (non-hydrogen) atoms. The van der Waals surface area contributed by atoms with E-state index in [-0.39, 0.29) is 18.3 Å². The van der Waals surface area contributed by atoms with Crippen molar-refractivity contribution in [3.05, 3.63) is 0 Å². The quantitative estimate of drug-likeness (QED) is 0.506. The average Bonchev–Trinajstić information content (AvgIpc) is 2.63. The molecule has 3 heteroatoms. The largest absolute Gasteiger partial charge is 0.460 e. The first kappa shape index (κ1) is 6.26. The van der Waals surface area contributed by atoms with Gasteiger partial charge in [0.05, 0.1) is 0 Å². The Labute approximate surface area is 53.0 Å². The number of rotatable bonds is 4. The summed E-state index contributed by atoms with van der Waals surface area (Å²) in [4.78, 5) is 20.3. The third kappa shape index (κ3) is 1.83. The van der Waals surface area contributed by atoms with Crippen LogP contribution in [0.5, 0.6) is 0 Å². The van der Waals surface area contributed by atoms with E-state index in [0.717, 1.165) is 12.8 Å². The highest BCUT2D eigenvalue weighted by molar-refractivity contribution is 5.84. The van der Waals surface area contributed by atoms with Crippen LogP contribution >= 0.6 is 0 Å². The van der Waals surface area contributed by atoms with E-state index < -0.39 is 0 Å². The molecule has 50 valence electrons. The minimum atomic E-state index is -0.0336. The summed E-state index contributed by atoms with van der Waals surface area (Å²) in [7, 11) is 0. The van der Waals surface area contributed by atoms with Crippen LogP contribution < -0.4 is 0 Å². The molecule has 1 aliphatic carbocycles. The molecule has 1 rings (SSSR count). The van der Waals surface area contributed by atoms with Crippen molar-refractivity contribution in [2.75, 3.05) is 6.61 Å². The normalized spacial score (nSPS) is 16.9. The molecule has 0 aromatic rings. The van der Waals surface area contributed by atoms with Gasteiger partial charge in [-0.05, 0) is 12.8 Å². The first-order valence-electron chi connectivity index (χ1n) is 2.92. The third-order valence-corrected chi connectivity index (χ3v) is 1.33. The van der Waals surface area contributed by atoms with Gasteiger partial charge in [-0.15, -0.1) is 0 Å². The Morgan fingerprint density at radius 3 is 2.78 bits per heavy atom. The molecule has 0 amide bonds. The molecule has 1 saturated carbocycles. The van der Waals surface area contributed by atoms with Gasteiger partial charge in [0.2, 0.25) is 0 Å². The lowest BCUT2D eigenvalue weighted by molar-refractivity contribution is -0.136. The molecule has 0 atom stereocenters. The predicted octanol–water partition coefficient (Wildman–Crippen LogP) is 0.139. The van der Waals surface area contributed by atoms with Crippen LogP contribution in [-0.2, 0) is 14.3 Å². The Bertz CT molecular complexity index is 126. The molecule has 0 aromatic carbocycles. The average molecular weight is 128 g/mol. The lowest BCUT2D eigenvalue weighted by Gasteiger charge is -1.92. The van der Waals surface area contributed by atoms with Gasteiger partial charge in [-0.1, -0.05) is 0 Å². The van der Waals surface area contributed by atoms with Crippen LogP contribution in [0.1, 0.15) is 12.8 Å². The SMILES string of the molecule is O=COCC(=O)C1CC1. The van der Waals surface area contributed by atoms with Gasteiger partial charge in [-0.3, -0.25) is 9.59 Å². The molecule has 1 aliphatic rings. The van der Waals surface area contributed by atoms with Crippen molar-refractivity contribution < 1.29 is 14.3 Å². The lowest BCUT2D eigenvalue weighted by Crippen LogP contribution is -2.08. The number of carbonyl (C=O) groups excluding carboxylic acids is 2. The summed E-state index contributed by atoms with van der Waals surface area (Å²) in [6, 6.07) is 0. The fourth-order valence-electron chi connectivity index (χ4n) is 0.639. The van der Waals surface area contributed by atoms with E-state index >= 15 is 0 Å². The number of carbonyl (C=O) groups is 2. The molecular formula is C6H8O3. The smallest absolute Gasteiger partial charge is 0.293 e. The van der Waals surface area contributed by atoms with Crippen molar-refractivity contribution in [3.8, 4) is 0 Å². The molecule has 0 bridgehead atoms. The van der Waals surface area contributed by atoms with Crippen LogP contribution in [0.2, 0.25) is 0 Å². The van der Waals surface area contributed by atoms with Crippen LogP contribution in [-0.4, -0.2) is 18.9 Å². The Hall–Kier alpha value is -0.860. The third-order valence-electron chi connectivity index (χ3n) is 1.33. The first-order valence-corrected chi connectivity index (χ1v) is 2.92. The summed E-state index contributed by atoms with van der Waals surface area (Å²) in [6.45, 7) is 0.272. The van der Waals surface area contributed by atoms with Gasteiger partial charge < -0.3 is 4.74 Å². The summed E-state index contributed by atoms with van der Waals surface area (Å²) in [6.07, 6.45) is 1.95. The predicted molar refractivity (Wildman–Crippen MR) is 29.7 cm³/mol. The Kier molecular flexibility index (Phi) is 1.82. The van der Waals surface area contributed by atoms with Crippen LogP contribution in [0.15, 0.2) is 0 Å². The Balaban J connectivity index is 2.10. The summed E-state index contributed by atoms with van der Waals surface area (Å²) in [5.74, 6) is 0.257. The molecule has 0 N–H and O–H groups in total. The van der Waals surface area contributed by atoms with E-state index in [2.05, 4.69) is 4.74 Å². The Morgan fingerprint density at radius 2 is 2.33 bits per heavy atom. The van der Waals surface area contributed by atoms with E-state index in [4.69, 9.17) is 0 Å². The fourth-order valence-corrected chi connectivity index (χ4v) is 0.639. The number of ketones is 1. The monoisotopic (exact) mass is 128 g/mol. The molecule has 1 fully saturated rings. The molecule has 0 spiro atoms. The zero-order valence-corrected chi connectivity index (χ0v) is 5.00. The fraction of sp³-hybridized carbons (Fsp3) is 0.667. The maximum absolute atomic E-state index is 10.7. The van der Waals surface area contributed by atoms with Gasteiger partial charge in [0.15, 0.2) is 5.78 Å². The summed E-state index contributed by atoms with van der Waals surface area (Å²) in [5, 5.41) is 0. The minimum Gasteiger partial charge on any atom is -0.460 e. The van der Waals surface area contributed by atoms with E-state index in [1.165, 1.54) is 0 Å². The summed E-state index contributed by atoms with van der Waals surface area (Å²) < 4.78 is 4.27. The van der Waals surface area contributed by atoms with Gasteiger partial charge in [-0.2, -0.15) is 0 Å². The van der Waals surface area contributed by atoms with Crippen molar-refractivity contribution in [2.24, 2.45) is 5.92 Å². The van der Waals surface area contributed by atoms with E-state index in [1.54, 1.807) is 0 Å². The second-order valence-corrected chi connectivity index (χ2v) is 2.15. The van der Waals surface area contributed by atoms with Crippen LogP contribution in [0.4, 0.5) is 0 Å². The zero-order chi connectivity index (χ0) is 6.69. The molecule has 0 unspecified atom stereocenters. The second-order valence-electron chi connectivity index (χ2n) is 2.15. The molecule has 0 heterocycles. The van der Waals surface area contributed by atoms with Gasteiger partial charge in [0.25, 0.3) is 6.47 Å². The van der Waals surface area contributed by atoms with Crippen molar-refractivity contribution in [1.82, 2.24) is 0 Å². The van der Waals surface area contributed by atoms with Crippen molar-refractivity contribution in [2.45, 2.75) is 12.8 Å². The maximum atomic E-state index is 10.7. The number of hydrogen-bond donors (Lipinski definition) is 0. The highest BCUT2D eigenvalue weighted by Gasteiger charge is 2.29. The molecule has 0 aliphatic heterocycles. The second kappa shape index (κ2) is 2.62. The highest BCUT2D eigenvalue weighted by Crippen LogP contribution is 2.29. The molecule has 0 aromatic heterocycles. The number of hydrogen-bond acceptors (Lipinski definition) is 3. The summed E-state index contributed by atoms with van der Waals surface area (Å²) in [5.41, 5.74) is 0. The summed E-state index contributed by atoms with van der Waals surface area (Å²) >= 11 is 0. The molecule has 0 radical (unpaired) electrons. The molecular weight excluding hydrogens is 120 g/mol. The minimum absolute atomic E-state index is 0.0336. The zero-order valence-electron chi connectivity index (χ0n) is 5.00. The molecule has 3 nitrogen and oxygen atoms in total. The maximum Gasteiger partial charge on any atom is 0.293 e. The van der Waals surface area contributed by atoms with Crippen molar-refractivity contribution in [3.63, 3.8) is 0 Å². The van der Waals surface area contributed by atoms with E-state index in [0.29, 0.717) is 6.47 Å². The lowest BCUT2D eigenvalue weighted by atomic mass is 10.3. The van der Waals surface area contributed by atoms with Gasteiger partial charge in [0.1, 0.15) is 6.61 Å². The van der Waals surface area contributed by atoms with Crippen molar-refractivity contribution >= 4 is 12.3 Å². The van der Waals surface area contributed by atoms with Crippen molar-refractivity contribution in [1.29, 1.82) is 0 Å². The first-order chi connectivity index (χ1) is 4.34. The van der Waals surface area contributed by atoms with Crippen LogP contribution in [0, 0.1) is 5.92 Å². The number of ether oxygens (including phenoxy) is 1.